The SMILES string of the molecule is CCN(C)c1nc(-c2ccc(N)nc2)cc(N(CC)C2CCCCC2)n1. The van der Waals surface area contributed by atoms with Crippen molar-refractivity contribution in [3.63, 3.8) is 0 Å². The van der Waals surface area contributed by atoms with Gasteiger partial charge in [-0.05, 0) is 38.8 Å². The lowest BCUT2D eigenvalue weighted by Gasteiger charge is -2.35. The van der Waals surface area contributed by atoms with Gasteiger partial charge in [-0.1, -0.05) is 19.3 Å². The summed E-state index contributed by atoms with van der Waals surface area (Å²) >= 11 is 0. The molecule has 0 amide bonds. The first kappa shape index (κ1) is 18.4. The summed E-state index contributed by atoms with van der Waals surface area (Å²) in [5.74, 6) is 2.29. The minimum Gasteiger partial charge on any atom is -0.384 e. The number of hydrogen-bond acceptors (Lipinski definition) is 6. The van der Waals surface area contributed by atoms with Gasteiger partial charge in [0.1, 0.15) is 11.6 Å². The van der Waals surface area contributed by atoms with E-state index in [1.165, 1.54) is 32.1 Å². The van der Waals surface area contributed by atoms with Gasteiger partial charge in [-0.2, -0.15) is 4.98 Å². The van der Waals surface area contributed by atoms with E-state index < -0.39 is 0 Å². The van der Waals surface area contributed by atoms with Gasteiger partial charge in [-0.25, -0.2) is 9.97 Å². The molecule has 0 radical (unpaired) electrons. The molecule has 6 heteroatoms. The molecule has 0 spiro atoms. The van der Waals surface area contributed by atoms with Crippen LogP contribution in [0.3, 0.4) is 0 Å². The average molecular weight is 355 g/mol. The zero-order valence-corrected chi connectivity index (χ0v) is 16.1. The van der Waals surface area contributed by atoms with E-state index in [9.17, 15) is 0 Å². The molecule has 1 fully saturated rings. The van der Waals surface area contributed by atoms with Gasteiger partial charge in [0.2, 0.25) is 5.95 Å². The summed E-state index contributed by atoms with van der Waals surface area (Å²) < 4.78 is 0. The van der Waals surface area contributed by atoms with Gasteiger partial charge in [0, 0.05) is 44.0 Å². The Bertz CT molecular complexity index is 709. The summed E-state index contributed by atoms with van der Waals surface area (Å²) in [4.78, 5) is 18.4. The van der Waals surface area contributed by atoms with Gasteiger partial charge >= 0.3 is 0 Å². The first-order chi connectivity index (χ1) is 12.6. The monoisotopic (exact) mass is 354 g/mol. The number of hydrogen-bond donors (Lipinski definition) is 1. The van der Waals surface area contributed by atoms with Crippen LogP contribution in [-0.2, 0) is 0 Å². The van der Waals surface area contributed by atoms with Gasteiger partial charge in [-0.3, -0.25) is 0 Å². The molecule has 0 bridgehead atoms. The van der Waals surface area contributed by atoms with Crippen LogP contribution in [0.15, 0.2) is 24.4 Å². The molecule has 2 aromatic heterocycles. The van der Waals surface area contributed by atoms with Gasteiger partial charge < -0.3 is 15.5 Å². The zero-order chi connectivity index (χ0) is 18.5. The quantitative estimate of drug-likeness (QED) is 0.852. The van der Waals surface area contributed by atoms with Crippen molar-refractivity contribution in [1.82, 2.24) is 15.0 Å². The van der Waals surface area contributed by atoms with Gasteiger partial charge in [-0.15, -0.1) is 0 Å². The highest BCUT2D eigenvalue weighted by Crippen LogP contribution is 2.30. The Balaban J connectivity index is 2.02. The molecule has 0 aromatic carbocycles. The largest absolute Gasteiger partial charge is 0.384 e. The number of rotatable bonds is 6. The van der Waals surface area contributed by atoms with E-state index in [0.29, 0.717) is 11.9 Å². The molecule has 3 rings (SSSR count). The molecule has 2 N–H and O–H groups in total. The summed E-state index contributed by atoms with van der Waals surface area (Å²) in [7, 11) is 2.03. The molecule has 0 atom stereocenters. The first-order valence-corrected chi connectivity index (χ1v) is 9.71. The Morgan fingerprint density at radius 1 is 1.08 bits per heavy atom. The molecule has 6 nitrogen and oxygen atoms in total. The van der Waals surface area contributed by atoms with E-state index in [1.54, 1.807) is 6.20 Å². The summed E-state index contributed by atoms with van der Waals surface area (Å²) in [6.45, 7) is 6.14. The molecule has 2 heterocycles. The van der Waals surface area contributed by atoms with Crippen molar-refractivity contribution in [2.45, 2.75) is 52.0 Å². The molecule has 140 valence electrons. The fourth-order valence-electron chi connectivity index (χ4n) is 3.59. The Labute approximate surface area is 156 Å². The van der Waals surface area contributed by atoms with Gasteiger partial charge in [0.05, 0.1) is 5.69 Å². The first-order valence-electron chi connectivity index (χ1n) is 9.71. The Morgan fingerprint density at radius 2 is 1.85 bits per heavy atom. The van der Waals surface area contributed by atoms with Crippen LogP contribution in [0, 0.1) is 0 Å². The highest BCUT2D eigenvalue weighted by Gasteiger charge is 2.23. The van der Waals surface area contributed by atoms with E-state index >= 15 is 0 Å². The molecular formula is C20H30N6. The van der Waals surface area contributed by atoms with E-state index in [-0.39, 0.29) is 0 Å². The van der Waals surface area contributed by atoms with E-state index in [4.69, 9.17) is 15.7 Å². The fraction of sp³-hybridized carbons (Fsp3) is 0.550. The van der Waals surface area contributed by atoms with Crippen molar-refractivity contribution in [1.29, 1.82) is 0 Å². The van der Waals surface area contributed by atoms with Crippen LogP contribution in [0.2, 0.25) is 0 Å². The van der Waals surface area contributed by atoms with Crippen molar-refractivity contribution in [3.8, 4) is 11.3 Å². The van der Waals surface area contributed by atoms with E-state index in [0.717, 1.165) is 36.1 Å². The van der Waals surface area contributed by atoms with Crippen LogP contribution in [0.25, 0.3) is 11.3 Å². The highest BCUT2D eigenvalue weighted by molar-refractivity contribution is 5.65. The van der Waals surface area contributed by atoms with Crippen LogP contribution >= 0.6 is 0 Å². The second-order valence-corrected chi connectivity index (χ2v) is 6.98. The Hall–Kier alpha value is -2.37. The summed E-state index contributed by atoms with van der Waals surface area (Å²) in [6, 6.07) is 6.46. The molecule has 0 unspecified atom stereocenters. The lowest BCUT2D eigenvalue weighted by molar-refractivity contribution is 0.416. The molecule has 1 aliphatic rings. The standard InChI is InChI=1S/C20H30N6/c1-4-25(3)20-23-17(15-11-12-18(21)22-14-15)13-19(24-20)26(5-2)16-9-7-6-8-10-16/h11-14,16H,4-10H2,1-3H3,(H2,21,22). The minimum absolute atomic E-state index is 0.520. The summed E-state index contributed by atoms with van der Waals surface area (Å²) in [6.07, 6.45) is 8.24. The van der Waals surface area contributed by atoms with E-state index in [2.05, 4.69) is 34.7 Å². The number of anilines is 3. The van der Waals surface area contributed by atoms with Crippen LogP contribution in [0.4, 0.5) is 17.6 Å². The maximum absolute atomic E-state index is 5.74. The van der Waals surface area contributed by atoms with Crippen molar-refractivity contribution >= 4 is 17.6 Å². The molecule has 26 heavy (non-hydrogen) atoms. The summed E-state index contributed by atoms with van der Waals surface area (Å²) in [5, 5.41) is 0. The number of aromatic nitrogens is 3. The Morgan fingerprint density at radius 3 is 2.46 bits per heavy atom. The zero-order valence-electron chi connectivity index (χ0n) is 16.1. The number of pyridine rings is 1. The van der Waals surface area contributed by atoms with Crippen LogP contribution in [0.5, 0.6) is 0 Å². The van der Waals surface area contributed by atoms with Crippen molar-refractivity contribution in [2.24, 2.45) is 0 Å². The number of nitrogens with two attached hydrogens (primary N) is 1. The lowest BCUT2D eigenvalue weighted by Crippen LogP contribution is -2.37. The molecule has 1 aliphatic carbocycles. The van der Waals surface area contributed by atoms with Crippen LogP contribution < -0.4 is 15.5 Å². The van der Waals surface area contributed by atoms with Crippen molar-refractivity contribution in [3.05, 3.63) is 24.4 Å². The third-order valence-electron chi connectivity index (χ3n) is 5.25. The van der Waals surface area contributed by atoms with Gasteiger partial charge in [0.25, 0.3) is 0 Å². The smallest absolute Gasteiger partial charge is 0.227 e. The number of nitrogens with zero attached hydrogens (tertiary/aromatic N) is 5. The normalized spacial score (nSPS) is 15.0. The average Bonchev–Trinajstić information content (AvgIpc) is 2.69. The molecule has 0 saturated heterocycles. The molecule has 2 aromatic rings. The lowest BCUT2D eigenvalue weighted by atomic mass is 9.94. The molecule has 1 saturated carbocycles. The van der Waals surface area contributed by atoms with Crippen molar-refractivity contribution in [2.75, 3.05) is 35.7 Å². The predicted octanol–water partition coefficient (Wildman–Crippen LogP) is 3.74. The highest BCUT2D eigenvalue weighted by atomic mass is 15.3. The van der Waals surface area contributed by atoms with Gasteiger partial charge in [0.15, 0.2) is 0 Å². The predicted molar refractivity (Wildman–Crippen MR) is 109 cm³/mol. The maximum atomic E-state index is 5.74. The third kappa shape index (κ3) is 4.06. The second kappa shape index (κ2) is 8.34. The Kier molecular flexibility index (Phi) is 5.91. The maximum Gasteiger partial charge on any atom is 0.227 e. The van der Waals surface area contributed by atoms with Crippen molar-refractivity contribution < 1.29 is 0 Å². The molecule has 0 aliphatic heterocycles. The third-order valence-corrected chi connectivity index (χ3v) is 5.25. The topological polar surface area (TPSA) is 71.2 Å². The van der Waals surface area contributed by atoms with E-state index in [1.807, 2.05) is 19.2 Å². The number of nitrogen functional groups attached to an aromatic ring is 1. The summed E-state index contributed by atoms with van der Waals surface area (Å²) in [5.41, 5.74) is 7.60. The van der Waals surface area contributed by atoms with Crippen LogP contribution in [-0.4, -0.2) is 41.1 Å². The minimum atomic E-state index is 0.520. The molecular weight excluding hydrogens is 324 g/mol. The van der Waals surface area contributed by atoms with Crippen LogP contribution in [0.1, 0.15) is 46.0 Å². The second-order valence-electron chi connectivity index (χ2n) is 6.98. The fourth-order valence-corrected chi connectivity index (χ4v) is 3.59.